The first kappa shape index (κ1) is 11.3. The second-order valence-electron chi connectivity index (χ2n) is 3.28. The summed E-state index contributed by atoms with van der Waals surface area (Å²) in [5.74, 6) is -0.0558. The summed E-state index contributed by atoms with van der Waals surface area (Å²) in [5.41, 5.74) is 0. The summed E-state index contributed by atoms with van der Waals surface area (Å²) in [6, 6.07) is -0.375. The number of halogens is 1. The minimum Gasteiger partial charge on any atom is -0.312 e. The normalized spacial score (nSPS) is 26.2. The van der Waals surface area contributed by atoms with Crippen LogP contribution in [0.25, 0.3) is 0 Å². The van der Waals surface area contributed by atoms with Crippen LogP contribution in [0.5, 0.6) is 0 Å². The Balaban J connectivity index is 0.000000980. The predicted octanol–water partition coefficient (Wildman–Crippen LogP) is -0.336. The van der Waals surface area contributed by atoms with Crippen molar-refractivity contribution in [2.24, 2.45) is 0 Å². The van der Waals surface area contributed by atoms with Crippen LogP contribution >= 0.6 is 12.4 Å². The van der Waals surface area contributed by atoms with Gasteiger partial charge < -0.3 is 10.2 Å². The van der Waals surface area contributed by atoms with Gasteiger partial charge in [-0.2, -0.15) is 0 Å². The second kappa shape index (κ2) is 4.14. The van der Waals surface area contributed by atoms with Crippen LogP contribution in [0, 0.1) is 0 Å². The van der Waals surface area contributed by atoms with Gasteiger partial charge in [-0.25, -0.2) is 4.79 Å². The molecule has 0 aromatic rings. The van der Waals surface area contributed by atoms with Gasteiger partial charge >= 0.3 is 6.03 Å². The number of hydrogen-bond acceptors (Lipinski definition) is 3. The molecule has 0 aromatic heterocycles. The van der Waals surface area contributed by atoms with E-state index >= 15 is 0 Å². The largest absolute Gasteiger partial charge is 0.327 e. The molecule has 80 valence electrons. The first-order valence-corrected chi connectivity index (χ1v) is 4.58. The molecular formula is C8H14ClN3O2. The fraction of sp³-hybridized carbons (Fsp3) is 0.750. The van der Waals surface area contributed by atoms with Crippen LogP contribution < -0.4 is 5.32 Å². The fourth-order valence-electron chi connectivity index (χ4n) is 1.87. The number of piperazine rings is 1. The van der Waals surface area contributed by atoms with Crippen LogP contribution in [-0.4, -0.2) is 54.0 Å². The summed E-state index contributed by atoms with van der Waals surface area (Å²) < 4.78 is 0. The van der Waals surface area contributed by atoms with Gasteiger partial charge in [-0.15, -0.1) is 12.4 Å². The van der Waals surface area contributed by atoms with Gasteiger partial charge in [-0.05, 0) is 6.92 Å². The molecule has 14 heavy (non-hydrogen) atoms. The number of nitrogens with one attached hydrogen (secondary N) is 1. The number of rotatable bonds is 1. The summed E-state index contributed by atoms with van der Waals surface area (Å²) in [6.07, 6.45) is 0. The Morgan fingerprint density at radius 3 is 2.79 bits per heavy atom. The highest BCUT2D eigenvalue weighted by molar-refractivity contribution is 6.04. The zero-order valence-corrected chi connectivity index (χ0v) is 8.84. The van der Waals surface area contributed by atoms with Crippen LogP contribution in [0.1, 0.15) is 6.92 Å². The third-order valence-electron chi connectivity index (χ3n) is 2.59. The number of imide groups is 1. The lowest BCUT2D eigenvalue weighted by Crippen LogP contribution is -2.51. The van der Waals surface area contributed by atoms with Crippen molar-refractivity contribution >= 4 is 24.3 Å². The Labute approximate surface area is 88.8 Å². The molecule has 0 aromatic carbocycles. The van der Waals surface area contributed by atoms with Crippen LogP contribution in [0.4, 0.5) is 4.79 Å². The highest BCUT2D eigenvalue weighted by Gasteiger charge is 2.44. The Kier molecular flexibility index (Phi) is 3.34. The Morgan fingerprint density at radius 2 is 2.21 bits per heavy atom. The SMILES string of the molecule is CCN1C(=O)C2CNCCN2C1=O.Cl. The van der Waals surface area contributed by atoms with Gasteiger partial charge in [0.1, 0.15) is 6.04 Å². The van der Waals surface area contributed by atoms with Crippen molar-refractivity contribution in [2.45, 2.75) is 13.0 Å². The molecule has 6 heteroatoms. The summed E-state index contributed by atoms with van der Waals surface area (Å²) >= 11 is 0. The van der Waals surface area contributed by atoms with E-state index in [1.54, 1.807) is 4.90 Å². The van der Waals surface area contributed by atoms with E-state index in [-0.39, 0.29) is 30.4 Å². The van der Waals surface area contributed by atoms with Crippen molar-refractivity contribution < 1.29 is 9.59 Å². The van der Waals surface area contributed by atoms with Gasteiger partial charge in [0.15, 0.2) is 0 Å². The maximum atomic E-state index is 11.6. The van der Waals surface area contributed by atoms with Crippen molar-refractivity contribution in [3.63, 3.8) is 0 Å². The first-order valence-electron chi connectivity index (χ1n) is 4.58. The maximum Gasteiger partial charge on any atom is 0.327 e. The van der Waals surface area contributed by atoms with Crippen molar-refractivity contribution in [1.29, 1.82) is 0 Å². The zero-order valence-electron chi connectivity index (χ0n) is 8.02. The number of carbonyl (C=O) groups excluding carboxylic acids is 2. The molecular weight excluding hydrogens is 206 g/mol. The van der Waals surface area contributed by atoms with E-state index in [0.29, 0.717) is 19.6 Å². The molecule has 3 amide bonds. The fourth-order valence-corrected chi connectivity index (χ4v) is 1.87. The van der Waals surface area contributed by atoms with Crippen LogP contribution in [0.2, 0.25) is 0 Å². The van der Waals surface area contributed by atoms with Gasteiger partial charge in [-0.3, -0.25) is 9.69 Å². The number of fused-ring (bicyclic) bond motifs is 1. The molecule has 2 rings (SSSR count). The third kappa shape index (κ3) is 1.46. The number of likely N-dealkylation sites (N-methyl/N-ethyl adjacent to an activating group) is 1. The molecule has 2 fully saturated rings. The van der Waals surface area contributed by atoms with Gasteiger partial charge in [0.2, 0.25) is 0 Å². The molecule has 5 nitrogen and oxygen atoms in total. The van der Waals surface area contributed by atoms with E-state index < -0.39 is 0 Å². The molecule has 0 aliphatic carbocycles. The topological polar surface area (TPSA) is 52.7 Å². The monoisotopic (exact) mass is 219 g/mol. The summed E-state index contributed by atoms with van der Waals surface area (Å²) in [4.78, 5) is 26.2. The lowest BCUT2D eigenvalue weighted by atomic mass is 10.2. The van der Waals surface area contributed by atoms with Crippen molar-refractivity contribution in [1.82, 2.24) is 15.1 Å². The molecule has 2 aliphatic rings. The molecule has 0 bridgehead atoms. The van der Waals surface area contributed by atoms with Crippen LogP contribution in [-0.2, 0) is 4.79 Å². The summed E-state index contributed by atoms with van der Waals surface area (Å²) in [5, 5.41) is 3.11. The molecule has 1 atom stereocenters. The Hall–Kier alpha value is -0.810. The minimum absolute atomic E-state index is 0. The van der Waals surface area contributed by atoms with E-state index in [1.165, 1.54) is 4.90 Å². The van der Waals surface area contributed by atoms with E-state index in [0.717, 1.165) is 6.54 Å². The van der Waals surface area contributed by atoms with Crippen molar-refractivity contribution in [3.05, 3.63) is 0 Å². The van der Waals surface area contributed by atoms with Crippen molar-refractivity contribution in [2.75, 3.05) is 26.2 Å². The van der Waals surface area contributed by atoms with E-state index in [9.17, 15) is 9.59 Å². The quantitative estimate of drug-likeness (QED) is 0.615. The van der Waals surface area contributed by atoms with Crippen molar-refractivity contribution in [3.8, 4) is 0 Å². The third-order valence-corrected chi connectivity index (χ3v) is 2.59. The molecule has 2 heterocycles. The predicted molar refractivity (Wildman–Crippen MR) is 53.4 cm³/mol. The highest BCUT2D eigenvalue weighted by Crippen LogP contribution is 2.18. The molecule has 1 unspecified atom stereocenters. The molecule has 1 N–H and O–H groups in total. The molecule has 2 aliphatic heterocycles. The minimum atomic E-state index is -0.249. The standard InChI is InChI=1S/C8H13N3O2.ClH/c1-2-10-7(12)6-5-9-3-4-11(6)8(10)13;/h6,9H,2-5H2,1H3;1H. The first-order chi connectivity index (χ1) is 6.25. The number of nitrogens with zero attached hydrogens (tertiary/aromatic N) is 2. The molecule has 0 radical (unpaired) electrons. The average molecular weight is 220 g/mol. The van der Waals surface area contributed by atoms with E-state index in [4.69, 9.17) is 0 Å². The molecule has 0 saturated carbocycles. The van der Waals surface area contributed by atoms with Gasteiger partial charge in [0.25, 0.3) is 5.91 Å². The smallest absolute Gasteiger partial charge is 0.312 e. The second-order valence-corrected chi connectivity index (χ2v) is 3.28. The van der Waals surface area contributed by atoms with E-state index in [1.807, 2.05) is 6.92 Å². The van der Waals surface area contributed by atoms with Crippen LogP contribution in [0.3, 0.4) is 0 Å². The summed E-state index contributed by atoms with van der Waals surface area (Å²) in [7, 11) is 0. The number of amides is 3. The number of urea groups is 1. The zero-order chi connectivity index (χ0) is 9.42. The maximum absolute atomic E-state index is 11.6. The van der Waals surface area contributed by atoms with Gasteiger partial charge in [0, 0.05) is 26.2 Å². The van der Waals surface area contributed by atoms with Crippen LogP contribution in [0.15, 0.2) is 0 Å². The molecule has 0 spiro atoms. The van der Waals surface area contributed by atoms with E-state index in [2.05, 4.69) is 5.32 Å². The Bertz CT molecular complexity index is 235. The lowest BCUT2D eigenvalue weighted by Gasteiger charge is -2.26. The van der Waals surface area contributed by atoms with Gasteiger partial charge in [0.05, 0.1) is 0 Å². The summed E-state index contributed by atoms with van der Waals surface area (Å²) in [6.45, 7) is 4.33. The number of carbonyl (C=O) groups is 2. The Morgan fingerprint density at radius 1 is 1.50 bits per heavy atom. The highest BCUT2D eigenvalue weighted by atomic mass is 35.5. The lowest BCUT2D eigenvalue weighted by molar-refractivity contribution is -0.128. The average Bonchev–Trinajstić information content (AvgIpc) is 2.41. The molecule has 2 saturated heterocycles. The number of hydrogen-bond donors (Lipinski definition) is 1. The van der Waals surface area contributed by atoms with Gasteiger partial charge in [-0.1, -0.05) is 0 Å².